The molecule has 24 heavy (non-hydrogen) atoms. The van der Waals surface area contributed by atoms with Gasteiger partial charge in [-0.15, -0.1) is 0 Å². The maximum Gasteiger partial charge on any atom is 0.233 e. The molecule has 4 nitrogen and oxygen atoms in total. The van der Waals surface area contributed by atoms with Crippen LogP contribution in [0.4, 0.5) is 0 Å². The first-order valence-corrected chi connectivity index (χ1v) is 9.62. The van der Waals surface area contributed by atoms with E-state index in [0.717, 1.165) is 40.9 Å². The Hall–Kier alpha value is -1.46. The summed E-state index contributed by atoms with van der Waals surface area (Å²) in [6.45, 7) is 5.96. The molecule has 1 aromatic heterocycles. The third-order valence-electron chi connectivity index (χ3n) is 4.44. The zero-order chi connectivity index (χ0) is 17.1. The Labute approximate surface area is 152 Å². The summed E-state index contributed by atoms with van der Waals surface area (Å²) >= 11 is 7.71. The van der Waals surface area contributed by atoms with Crippen LogP contribution in [0.5, 0.6) is 0 Å². The normalized spacial score (nSPS) is 18.0. The van der Waals surface area contributed by atoms with Crippen LogP contribution in [0, 0.1) is 12.8 Å². The number of halogens is 1. The van der Waals surface area contributed by atoms with Crippen molar-refractivity contribution < 1.29 is 4.79 Å². The van der Waals surface area contributed by atoms with Crippen LogP contribution in [0.1, 0.15) is 25.3 Å². The molecule has 1 amide bonds. The molecule has 0 saturated carbocycles. The van der Waals surface area contributed by atoms with Gasteiger partial charge in [0.1, 0.15) is 0 Å². The zero-order valence-electron chi connectivity index (χ0n) is 14.0. The number of rotatable bonds is 4. The van der Waals surface area contributed by atoms with Gasteiger partial charge < -0.3 is 4.90 Å². The predicted octanol–water partition coefficient (Wildman–Crippen LogP) is 4.18. The van der Waals surface area contributed by atoms with E-state index in [1.807, 2.05) is 40.8 Å². The first-order chi connectivity index (χ1) is 11.6. The lowest BCUT2D eigenvalue weighted by Gasteiger charge is -2.30. The minimum Gasteiger partial charge on any atom is -0.342 e. The minimum atomic E-state index is 0.198. The Morgan fingerprint density at radius 3 is 3.08 bits per heavy atom. The third kappa shape index (κ3) is 3.78. The maximum absolute atomic E-state index is 12.5. The number of nitrogens with zero attached hydrogens (tertiary/aromatic N) is 3. The third-order valence-corrected chi connectivity index (χ3v) is 5.80. The second-order valence-electron chi connectivity index (χ2n) is 6.34. The highest BCUT2D eigenvalue weighted by atomic mass is 35.5. The number of benzene rings is 1. The molecule has 1 aliphatic heterocycles. The van der Waals surface area contributed by atoms with Gasteiger partial charge in [-0.25, -0.2) is 4.98 Å². The molecule has 2 aromatic rings. The van der Waals surface area contributed by atoms with Gasteiger partial charge in [-0.1, -0.05) is 36.4 Å². The Morgan fingerprint density at radius 2 is 2.29 bits per heavy atom. The summed E-state index contributed by atoms with van der Waals surface area (Å²) in [5.41, 5.74) is 2.01. The van der Waals surface area contributed by atoms with Crippen molar-refractivity contribution in [1.82, 2.24) is 14.5 Å². The first-order valence-electron chi connectivity index (χ1n) is 8.25. The molecular weight excluding hydrogens is 342 g/mol. The lowest BCUT2D eigenvalue weighted by atomic mass is 10.0. The molecule has 0 radical (unpaired) electrons. The lowest BCUT2D eigenvalue weighted by molar-refractivity contribution is -0.130. The second-order valence-corrected chi connectivity index (χ2v) is 7.69. The molecule has 2 heterocycles. The van der Waals surface area contributed by atoms with Gasteiger partial charge >= 0.3 is 0 Å². The van der Waals surface area contributed by atoms with Gasteiger partial charge in [-0.3, -0.25) is 9.36 Å². The molecule has 1 atom stereocenters. The maximum atomic E-state index is 12.5. The smallest absolute Gasteiger partial charge is 0.233 e. The molecule has 0 spiro atoms. The zero-order valence-corrected chi connectivity index (χ0v) is 15.6. The Bertz CT molecular complexity index is 731. The van der Waals surface area contributed by atoms with Crippen molar-refractivity contribution in [3.8, 4) is 5.69 Å². The molecule has 1 aliphatic rings. The molecule has 1 aromatic carbocycles. The van der Waals surface area contributed by atoms with E-state index < -0.39 is 0 Å². The number of imidazole rings is 1. The van der Waals surface area contributed by atoms with Crippen molar-refractivity contribution in [2.24, 2.45) is 5.92 Å². The summed E-state index contributed by atoms with van der Waals surface area (Å²) in [5.74, 6) is 1.22. The van der Waals surface area contributed by atoms with E-state index >= 15 is 0 Å². The quantitative estimate of drug-likeness (QED) is 0.764. The van der Waals surface area contributed by atoms with E-state index in [9.17, 15) is 4.79 Å². The number of carbonyl (C=O) groups is 1. The average molecular weight is 364 g/mol. The minimum absolute atomic E-state index is 0.198. The molecule has 6 heteroatoms. The Kier molecular flexibility index (Phi) is 5.51. The van der Waals surface area contributed by atoms with Gasteiger partial charge in [0.2, 0.25) is 5.91 Å². The highest BCUT2D eigenvalue weighted by Gasteiger charge is 2.21. The van der Waals surface area contributed by atoms with Crippen molar-refractivity contribution in [3.05, 3.63) is 41.2 Å². The fraction of sp³-hybridized carbons (Fsp3) is 0.444. The van der Waals surface area contributed by atoms with Gasteiger partial charge in [0.15, 0.2) is 5.16 Å². The van der Waals surface area contributed by atoms with E-state index in [1.165, 1.54) is 18.2 Å². The van der Waals surface area contributed by atoms with Crippen molar-refractivity contribution in [2.45, 2.75) is 31.8 Å². The van der Waals surface area contributed by atoms with Crippen molar-refractivity contribution in [3.63, 3.8) is 0 Å². The highest BCUT2D eigenvalue weighted by Crippen LogP contribution is 2.27. The average Bonchev–Trinajstić information content (AvgIpc) is 3.03. The van der Waals surface area contributed by atoms with Gasteiger partial charge in [0.05, 0.1) is 11.4 Å². The van der Waals surface area contributed by atoms with E-state index in [4.69, 9.17) is 11.6 Å². The molecule has 1 saturated heterocycles. The molecule has 3 rings (SSSR count). The number of carbonyl (C=O) groups excluding carboxylic acids is 1. The van der Waals surface area contributed by atoms with E-state index in [1.54, 1.807) is 6.20 Å². The van der Waals surface area contributed by atoms with Crippen LogP contribution in [0.15, 0.2) is 35.7 Å². The summed E-state index contributed by atoms with van der Waals surface area (Å²) in [5, 5.41) is 1.55. The molecule has 0 bridgehead atoms. The second kappa shape index (κ2) is 7.62. The number of hydrogen-bond donors (Lipinski definition) is 0. The number of aromatic nitrogens is 2. The van der Waals surface area contributed by atoms with E-state index in [-0.39, 0.29) is 5.91 Å². The highest BCUT2D eigenvalue weighted by molar-refractivity contribution is 7.99. The van der Waals surface area contributed by atoms with Crippen molar-refractivity contribution in [2.75, 3.05) is 18.8 Å². The predicted molar refractivity (Wildman–Crippen MR) is 99.0 cm³/mol. The number of amides is 1. The van der Waals surface area contributed by atoms with Crippen LogP contribution in [-0.4, -0.2) is 39.2 Å². The lowest BCUT2D eigenvalue weighted by Crippen LogP contribution is -2.40. The van der Waals surface area contributed by atoms with E-state index in [0.29, 0.717) is 11.7 Å². The van der Waals surface area contributed by atoms with Gasteiger partial charge in [-0.05, 0) is 43.4 Å². The fourth-order valence-electron chi connectivity index (χ4n) is 3.07. The monoisotopic (exact) mass is 363 g/mol. The summed E-state index contributed by atoms with van der Waals surface area (Å²) in [4.78, 5) is 18.8. The number of likely N-dealkylation sites (tertiary alicyclic amines) is 1. The Morgan fingerprint density at radius 1 is 1.46 bits per heavy atom. The molecule has 128 valence electrons. The van der Waals surface area contributed by atoms with Gasteiger partial charge in [-0.2, -0.15) is 0 Å². The standard InChI is InChI=1S/C18H22ClN3OS/c1-13-5-4-9-21(11-13)17(23)12-24-18-20-8-10-22(18)16-7-3-6-15(19)14(16)2/h3,6-8,10,13H,4-5,9,11-12H2,1-2H3. The topological polar surface area (TPSA) is 38.1 Å². The van der Waals surface area contributed by atoms with Crippen LogP contribution in [0.25, 0.3) is 5.69 Å². The molecular formula is C18H22ClN3OS. The summed E-state index contributed by atoms with van der Waals surface area (Å²) in [6.07, 6.45) is 5.99. The SMILES string of the molecule is Cc1c(Cl)cccc1-n1ccnc1SCC(=O)N1CCCC(C)C1. The molecule has 1 fully saturated rings. The van der Waals surface area contributed by atoms with Crippen molar-refractivity contribution in [1.29, 1.82) is 0 Å². The number of hydrogen-bond acceptors (Lipinski definition) is 3. The van der Waals surface area contributed by atoms with Gasteiger partial charge in [0, 0.05) is 30.5 Å². The first kappa shape index (κ1) is 17.4. The van der Waals surface area contributed by atoms with Gasteiger partial charge in [0.25, 0.3) is 0 Å². The van der Waals surface area contributed by atoms with Crippen LogP contribution in [0.2, 0.25) is 5.02 Å². The summed E-state index contributed by atoms with van der Waals surface area (Å²) in [6, 6.07) is 5.83. The van der Waals surface area contributed by atoms with Crippen molar-refractivity contribution >= 4 is 29.3 Å². The molecule has 0 aliphatic carbocycles. The molecule has 0 N–H and O–H groups in total. The summed E-state index contributed by atoms with van der Waals surface area (Å²) in [7, 11) is 0. The van der Waals surface area contributed by atoms with E-state index in [2.05, 4.69) is 11.9 Å². The largest absolute Gasteiger partial charge is 0.342 e. The Balaban J connectivity index is 1.70. The van der Waals surface area contributed by atoms with Crippen LogP contribution in [0.3, 0.4) is 0 Å². The fourth-order valence-corrected chi connectivity index (χ4v) is 4.11. The van der Waals surface area contributed by atoms with Crippen LogP contribution < -0.4 is 0 Å². The van der Waals surface area contributed by atoms with Crippen LogP contribution in [-0.2, 0) is 4.79 Å². The number of piperidine rings is 1. The number of thioether (sulfide) groups is 1. The summed E-state index contributed by atoms with van der Waals surface area (Å²) < 4.78 is 2.00. The molecule has 1 unspecified atom stereocenters. The van der Waals surface area contributed by atoms with Crippen LogP contribution >= 0.6 is 23.4 Å².